The molecule has 1 aromatic carbocycles. The van der Waals surface area contributed by atoms with Crippen LogP contribution in [-0.4, -0.2) is 0 Å². The molecule has 1 heterocycles. The van der Waals surface area contributed by atoms with Crippen LogP contribution in [0.2, 0.25) is 5.02 Å². The second-order valence-corrected chi connectivity index (χ2v) is 4.61. The lowest BCUT2D eigenvalue weighted by atomic mass is 10.1. The first-order chi connectivity index (χ1) is 7.09. The molecule has 78 valence electrons. The van der Waals surface area contributed by atoms with Gasteiger partial charge in [-0.2, -0.15) is 0 Å². The Hall–Kier alpha value is -1.06. The highest BCUT2D eigenvalue weighted by molar-refractivity contribution is 7.14. The normalized spacial score (nSPS) is 10.6. The molecule has 1 aromatic heterocycles. The Bertz CT molecular complexity index is 507. The standard InChI is InChI=1S/C11H9ClFNS/c1-6-4-9(13)7(5-10(6)14)11-8(12)2-3-15-11/h2-5H,14H2,1H3. The molecule has 2 rings (SSSR count). The average Bonchev–Trinajstić information content (AvgIpc) is 2.58. The minimum Gasteiger partial charge on any atom is -0.398 e. The third-order valence-corrected chi connectivity index (χ3v) is 3.59. The number of nitrogen functional groups attached to an aromatic ring is 1. The van der Waals surface area contributed by atoms with Gasteiger partial charge in [0.15, 0.2) is 0 Å². The van der Waals surface area contributed by atoms with Crippen molar-refractivity contribution in [1.82, 2.24) is 0 Å². The summed E-state index contributed by atoms with van der Waals surface area (Å²) in [5.74, 6) is -0.286. The van der Waals surface area contributed by atoms with Crippen LogP contribution in [0.1, 0.15) is 5.56 Å². The van der Waals surface area contributed by atoms with Crippen LogP contribution >= 0.6 is 22.9 Å². The fraction of sp³-hybridized carbons (Fsp3) is 0.0909. The molecule has 0 aliphatic heterocycles. The van der Waals surface area contributed by atoms with E-state index in [4.69, 9.17) is 17.3 Å². The van der Waals surface area contributed by atoms with E-state index in [1.54, 1.807) is 19.1 Å². The van der Waals surface area contributed by atoms with E-state index < -0.39 is 0 Å². The zero-order valence-electron chi connectivity index (χ0n) is 8.05. The van der Waals surface area contributed by atoms with Crippen LogP contribution < -0.4 is 5.73 Å². The van der Waals surface area contributed by atoms with Crippen LogP contribution in [0.15, 0.2) is 23.6 Å². The van der Waals surface area contributed by atoms with Gasteiger partial charge in [-0.3, -0.25) is 0 Å². The van der Waals surface area contributed by atoms with E-state index in [0.29, 0.717) is 16.3 Å². The Morgan fingerprint density at radius 3 is 2.73 bits per heavy atom. The highest BCUT2D eigenvalue weighted by atomic mass is 35.5. The van der Waals surface area contributed by atoms with E-state index in [-0.39, 0.29) is 5.82 Å². The maximum Gasteiger partial charge on any atom is 0.132 e. The van der Waals surface area contributed by atoms with Crippen LogP contribution in [0.5, 0.6) is 0 Å². The molecular formula is C11H9ClFNS. The number of halogens is 2. The summed E-state index contributed by atoms with van der Waals surface area (Å²) >= 11 is 7.35. The Morgan fingerprint density at radius 2 is 2.13 bits per heavy atom. The molecule has 0 bridgehead atoms. The average molecular weight is 242 g/mol. The molecule has 4 heteroatoms. The van der Waals surface area contributed by atoms with Crippen molar-refractivity contribution in [3.05, 3.63) is 40.0 Å². The monoisotopic (exact) mass is 241 g/mol. The van der Waals surface area contributed by atoms with Crippen LogP contribution in [0, 0.1) is 12.7 Å². The third-order valence-electron chi connectivity index (χ3n) is 2.22. The lowest BCUT2D eigenvalue weighted by Crippen LogP contribution is -1.93. The second-order valence-electron chi connectivity index (χ2n) is 3.29. The minimum absolute atomic E-state index is 0.286. The van der Waals surface area contributed by atoms with Crippen LogP contribution in [0.3, 0.4) is 0 Å². The smallest absolute Gasteiger partial charge is 0.132 e. The highest BCUT2D eigenvalue weighted by Gasteiger charge is 2.11. The molecule has 1 nitrogen and oxygen atoms in total. The maximum absolute atomic E-state index is 13.7. The fourth-order valence-electron chi connectivity index (χ4n) is 1.35. The number of rotatable bonds is 1. The van der Waals surface area contributed by atoms with Crippen LogP contribution in [0.25, 0.3) is 10.4 Å². The first-order valence-electron chi connectivity index (χ1n) is 4.38. The van der Waals surface area contributed by atoms with E-state index in [2.05, 4.69) is 0 Å². The van der Waals surface area contributed by atoms with Gasteiger partial charge in [-0.15, -0.1) is 11.3 Å². The van der Waals surface area contributed by atoms with Gasteiger partial charge >= 0.3 is 0 Å². The summed E-state index contributed by atoms with van der Waals surface area (Å²) in [5, 5.41) is 2.38. The van der Waals surface area contributed by atoms with Crippen LogP contribution in [0.4, 0.5) is 10.1 Å². The number of hydrogen-bond donors (Lipinski definition) is 1. The van der Waals surface area contributed by atoms with Gasteiger partial charge in [0.25, 0.3) is 0 Å². The number of nitrogens with two attached hydrogens (primary N) is 1. The van der Waals surface area contributed by atoms with Crippen molar-refractivity contribution in [3.8, 4) is 10.4 Å². The van der Waals surface area contributed by atoms with Gasteiger partial charge in [0.05, 0.1) is 9.90 Å². The van der Waals surface area contributed by atoms with Gasteiger partial charge < -0.3 is 5.73 Å². The van der Waals surface area contributed by atoms with Crippen molar-refractivity contribution in [2.24, 2.45) is 0 Å². The Morgan fingerprint density at radius 1 is 1.40 bits per heavy atom. The van der Waals surface area contributed by atoms with E-state index >= 15 is 0 Å². The summed E-state index contributed by atoms with van der Waals surface area (Å²) in [7, 11) is 0. The van der Waals surface area contributed by atoms with Gasteiger partial charge in [-0.1, -0.05) is 11.6 Å². The summed E-state index contributed by atoms with van der Waals surface area (Å²) in [6, 6.07) is 4.81. The van der Waals surface area contributed by atoms with Crippen molar-refractivity contribution >= 4 is 28.6 Å². The maximum atomic E-state index is 13.7. The molecule has 0 unspecified atom stereocenters. The summed E-state index contributed by atoms with van der Waals surface area (Å²) in [6.45, 7) is 1.78. The molecule has 0 saturated carbocycles. The highest BCUT2D eigenvalue weighted by Crippen LogP contribution is 2.36. The molecule has 0 aliphatic rings. The Balaban J connectivity index is 2.64. The Kier molecular flexibility index (Phi) is 2.67. The zero-order chi connectivity index (χ0) is 11.0. The van der Waals surface area contributed by atoms with Gasteiger partial charge in [0.2, 0.25) is 0 Å². The first kappa shape index (κ1) is 10.5. The van der Waals surface area contributed by atoms with E-state index in [1.165, 1.54) is 17.4 Å². The van der Waals surface area contributed by atoms with E-state index in [1.807, 2.05) is 5.38 Å². The molecule has 0 spiro atoms. The molecule has 0 aliphatic carbocycles. The second kappa shape index (κ2) is 3.83. The topological polar surface area (TPSA) is 26.0 Å². The predicted molar refractivity (Wildman–Crippen MR) is 63.9 cm³/mol. The largest absolute Gasteiger partial charge is 0.398 e. The quantitative estimate of drug-likeness (QED) is 0.748. The SMILES string of the molecule is Cc1cc(F)c(-c2sccc2Cl)cc1N. The summed E-state index contributed by atoms with van der Waals surface area (Å²) in [6.07, 6.45) is 0. The molecule has 0 fully saturated rings. The number of hydrogen-bond acceptors (Lipinski definition) is 2. The lowest BCUT2D eigenvalue weighted by Gasteiger charge is -2.05. The third kappa shape index (κ3) is 1.85. The van der Waals surface area contributed by atoms with E-state index in [0.717, 1.165) is 10.4 Å². The number of anilines is 1. The Labute approximate surface area is 96.3 Å². The van der Waals surface area contributed by atoms with Crippen molar-refractivity contribution in [3.63, 3.8) is 0 Å². The van der Waals surface area contributed by atoms with Crippen LogP contribution in [-0.2, 0) is 0 Å². The summed E-state index contributed by atoms with van der Waals surface area (Å²) in [4.78, 5) is 0.723. The zero-order valence-corrected chi connectivity index (χ0v) is 9.62. The number of thiophene rings is 1. The molecule has 2 aromatic rings. The van der Waals surface area contributed by atoms with Crippen molar-refractivity contribution in [2.75, 3.05) is 5.73 Å². The molecule has 2 N–H and O–H groups in total. The molecule has 0 atom stereocenters. The van der Waals surface area contributed by atoms with Crippen molar-refractivity contribution in [1.29, 1.82) is 0 Å². The summed E-state index contributed by atoms with van der Waals surface area (Å²) in [5.41, 5.74) is 7.53. The predicted octanol–water partition coefficient (Wildman–Crippen LogP) is 4.10. The molecule has 0 saturated heterocycles. The van der Waals surface area contributed by atoms with Crippen molar-refractivity contribution in [2.45, 2.75) is 6.92 Å². The number of aryl methyl sites for hydroxylation is 1. The van der Waals surface area contributed by atoms with Gasteiger partial charge in [0, 0.05) is 11.3 Å². The molecular weight excluding hydrogens is 233 g/mol. The molecule has 15 heavy (non-hydrogen) atoms. The lowest BCUT2D eigenvalue weighted by molar-refractivity contribution is 0.631. The van der Waals surface area contributed by atoms with Gasteiger partial charge in [-0.05, 0) is 36.1 Å². The summed E-state index contributed by atoms with van der Waals surface area (Å²) < 4.78 is 13.7. The van der Waals surface area contributed by atoms with Gasteiger partial charge in [0.1, 0.15) is 5.82 Å². The molecule has 0 amide bonds. The van der Waals surface area contributed by atoms with Gasteiger partial charge in [-0.25, -0.2) is 4.39 Å². The van der Waals surface area contributed by atoms with Crippen molar-refractivity contribution < 1.29 is 4.39 Å². The molecule has 0 radical (unpaired) electrons. The fourth-order valence-corrected chi connectivity index (χ4v) is 2.53. The van der Waals surface area contributed by atoms with E-state index in [9.17, 15) is 4.39 Å². The first-order valence-corrected chi connectivity index (χ1v) is 5.64. The number of benzene rings is 1. The minimum atomic E-state index is -0.286.